The van der Waals surface area contributed by atoms with Gasteiger partial charge < -0.3 is 14.9 Å². The van der Waals surface area contributed by atoms with E-state index in [1.54, 1.807) is 0 Å². The number of hydrogen-bond donors (Lipinski definition) is 2. The van der Waals surface area contributed by atoms with Gasteiger partial charge in [-0.15, -0.1) is 0 Å². The molecule has 1 aliphatic heterocycles. The van der Waals surface area contributed by atoms with E-state index < -0.39 is 31.4 Å². The van der Waals surface area contributed by atoms with Gasteiger partial charge in [-0.25, -0.2) is 4.79 Å². The quantitative estimate of drug-likeness (QED) is 0.245. The average molecular weight is 542 g/mol. The predicted molar refractivity (Wildman–Crippen MR) is 158 cm³/mol. The van der Waals surface area contributed by atoms with Crippen molar-refractivity contribution in [1.29, 1.82) is 0 Å². The molecule has 1 saturated heterocycles. The summed E-state index contributed by atoms with van der Waals surface area (Å²) in [4.78, 5) is 36.2. The van der Waals surface area contributed by atoms with Crippen molar-refractivity contribution in [3.05, 3.63) is 35.9 Å². The number of carbonyl (C=O) groups excluding carboxylic acids is 1. The molecular weight excluding hydrogens is 485 g/mol. The first-order valence-electron chi connectivity index (χ1n) is 14.2. The molecule has 1 aromatic rings. The van der Waals surface area contributed by atoms with Crippen LogP contribution in [0.4, 0.5) is 0 Å². The van der Waals surface area contributed by atoms with Crippen LogP contribution in [-0.2, 0) is 20.6 Å². The van der Waals surface area contributed by atoms with Gasteiger partial charge in [0.25, 0.3) is 0 Å². The second-order valence-electron chi connectivity index (χ2n) is 8.96. The molecular formula is C30H56NO5P. The van der Waals surface area contributed by atoms with E-state index in [-0.39, 0.29) is 19.5 Å². The molecule has 37 heavy (non-hydrogen) atoms. The third-order valence-electron chi connectivity index (χ3n) is 6.70. The van der Waals surface area contributed by atoms with Crippen LogP contribution in [0.5, 0.6) is 0 Å². The highest BCUT2D eigenvalue weighted by atomic mass is 31.2. The van der Waals surface area contributed by atoms with Crippen molar-refractivity contribution in [2.45, 2.75) is 113 Å². The second kappa shape index (κ2) is 21.3. The first-order chi connectivity index (χ1) is 17.4. The number of rotatable bonds is 9. The Kier molecular flexibility index (Phi) is 21.6. The molecule has 2 aliphatic rings. The number of aryl methyl sites for hydroxylation is 1. The van der Waals surface area contributed by atoms with Crippen LogP contribution in [0.25, 0.3) is 0 Å². The van der Waals surface area contributed by atoms with Crippen LogP contribution in [0, 0.1) is 11.8 Å². The number of likely N-dealkylation sites (tertiary alicyclic amines) is 1. The van der Waals surface area contributed by atoms with E-state index in [0.29, 0.717) is 25.3 Å². The summed E-state index contributed by atoms with van der Waals surface area (Å²) in [5.41, 5.74) is 1.19. The lowest BCUT2D eigenvalue weighted by Crippen LogP contribution is -2.42. The van der Waals surface area contributed by atoms with E-state index in [9.17, 15) is 24.2 Å². The number of carbonyl (C=O) groups is 2. The lowest BCUT2D eigenvalue weighted by molar-refractivity contribution is -0.147. The summed E-state index contributed by atoms with van der Waals surface area (Å²) in [5, 5.41) is 9.60. The summed E-state index contributed by atoms with van der Waals surface area (Å²) in [7, 11) is -3.62. The van der Waals surface area contributed by atoms with Gasteiger partial charge >= 0.3 is 5.97 Å². The number of carboxylic acids is 1. The van der Waals surface area contributed by atoms with Crippen molar-refractivity contribution >= 4 is 19.2 Å². The first kappa shape index (κ1) is 37.5. The maximum Gasteiger partial charge on any atom is 0.326 e. The molecule has 1 aliphatic carbocycles. The predicted octanol–water partition coefficient (Wildman–Crippen LogP) is 7.88. The minimum Gasteiger partial charge on any atom is -0.480 e. The maximum atomic E-state index is 12.8. The molecule has 0 radical (unpaired) electrons. The topological polar surface area (TPSA) is 94.9 Å². The van der Waals surface area contributed by atoms with Crippen molar-refractivity contribution < 1.29 is 24.2 Å². The fraction of sp³-hybridized carbons (Fsp3) is 0.733. The summed E-state index contributed by atoms with van der Waals surface area (Å²) >= 11 is 0. The van der Waals surface area contributed by atoms with Gasteiger partial charge in [0.15, 0.2) is 0 Å². The van der Waals surface area contributed by atoms with Crippen LogP contribution in [0.3, 0.4) is 0 Å². The molecule has 0 spiro atoms. The highest BCUT2D eigenvalue weighted by Gasteiger charge is 2.43. The second-order valence-corrected chi connectivity index (χ2v) is 11.4. The zero-order chi connectivity index (χ0) is 27.6. The van der Waals surface area contributed by atoms with E-state index >= 15 is 0 Å². The molecule has 3 atom stereocenters. The lowest BCUT2D eigenvalue weighted by Gasteiger charge is -2.27. The van der Waals surface area contributed by atoms with E-state index in [1.807, 2.05) is 71.9 Å². The number of unbranched alkanes of at least 4 members (excludes halogenated alkanes) is 1. The monoisotopic (exact) mass is 541 g/mol. The summed E-state index contributed by atoms with van der Waals surface area (Å²) in [5.74, 6) is -0.816. The molecule has 0 bridgehead atoms. The summed E-state index contributed by atoms with van der Waals surface area (Å²) < 4.78 is 12.6. The molecule has 2 fully saturated rings. The number of hydrogen-bond acceptors (Lipinski definition) is 3. The van der Waals surface area contributed by atoms with Crippen molar-refractivity contribution in [2.24, 2.45) is 11.8 Å². The molecule has 0 aromatic heterocycles. The Bertz CT molecular complexity index is 764. The number of amides is 1. The van der Waals surface area contributed by atoms with Crippen molar-refractivity contribution in [3.63, 3.8) is 0 Å². The summed E-state index contributed by atoms with van der Waals surface area (Å²) in [6.45, 7) is 12.4. The SMILES string of the molecule is C.CC.CC.CC.O=C(O)C1CC(C2CCCCC2)CN1C(=O)CP(=O)(O)CCCCc1ccccc1. The average Bonchev–Trinajstić information content (AvgIpc) is 3.38. The van der Waals surface area contributed by atoms with Crippen molar-refractivity contribution in [3.8, 4) is 0 Å². The number of nitrogens with zero attached hydrogens (tertiary/aromatic N) is 1. The third-order valence-corrected chi connectivity index (χ3v) is 8.48. The van der Waals surface area contributed by atoms with Crippen LogP contribution in [0.15, 0.2) is 30.3 Å². The lowest BCUT2D eigenvalue weighted by atomic mass is 9.79. The standard InChI is InChI=1S/C23H34NO5P.3C2H6.CH4/c25-22(17-30(28,29)14-8-7-11-18-9-3-1-4-10-18)24-16-20(15-21(24)23(26)27)19-12-5-2-6-13-19;3*1-2;/h1,3-4,9-10,19-21H,2,5-8,11-17H2,(H,26,27)(H,28,29);3*1-2H3;1H4. The molecule has 1 aromatic carbocycles. The van der Waals surface area contributed by atoms with Crippen LogP contribution in [0.1, 0.15) is 106 Å². The van der Waals surface area contributed by atoms with Gasteiger partial charge in [0, 0.05) is 12.7 Å². The van der Waals surface area contributed by atoms with Gasteiger partial charge in [-0.1, -0.05) is 111 Å². The molecule has 1 saturated carbocycles. The molecule has 7 heteroatoms. The van der Waals surface area contributed by atoms with Crippen LogP contribution >= 0.6 is 7.37 Å². The van der Waals surface area contributed by atoms with Crippen molar-refractivity contribution in [2.75, 3.05) is 18.9 Å². The van der Waals surface area contributed by atoms with Gasteiger partial charge in [-0.3, -0.25) is 9.36 Å². The molecule has 3 rings (SSSR count). The first-order valence-corrected chi connectivity index (χ1v) is 16.3. The third kappa shape index (κ3) is 13.6. The van der Waals surface area contributed by atoms with E-state index in [0.717, 1.165) is 25.7 Å². The van der Waals surface area contributed by atoms with Gasteiger partial charge in [0.05, 0.1) is 0 Å². The molecule has 3 unspecified atom stereocenters. The molecule has 216 valence electrons. The zero-order valence-electron chi connectivity index (χ0n) is 23.6. The molecule has 2 N–H and O–H groups in total. The van der Waals surface area contributed by atoms with Gasteiger partial charge in [-0.05, 0) is 43.1 Å². The van der Waals surface area contributed by atoms with Crippen LogP contribution < -0.4 is 0 Å². The van der Waals surface area contributed by atoms with E-state index in [2.05, 4.69) is 0 Å². The van der Waals surface area contributed by atoms with E-state index in [1.165, 1.54) is 29.7 Å². The van der Waals surface area contributed by atoms with Crippen LogP contribution in [-0.4, -0.2) is 51.7 Å². The minimum absolute atomic E-state index is 0. The molecule has 1 amide bonds. The van der Waals surface area contributed by atoms with E-state index in [4.69, 9.17) is 0 Å². The maximum absolute atomic E-state index is 12.8. The highest BCUT2D eigenvalue weighted by Crippen LogP contribution is 2.43. The Labute approximate surface area is 227 Å². The Morgan fingerprint density at radius 3 is 2.03 bits per heavy atom. The Balaban J connectivity index is 0. The fourth-order valence-corrected chi connectivity index (χ4v) is 6.52. The Morgan fingerprint density at radius 2 is 1.49 bits per heavy atom. The van der Waals surface area contributed by atoms with Crippen molar-refractivity contribution in [1.82, 2.24) is 4.90 Å². The van der Waals surface area contributed by atoms with Gasteiger partial charge in [0.1, 0.15) is 12.2 Å². The summed E-state index contributed by atoms with van der Waals surface area (Å²) in [6, 6.07) is 9.11. The number of carboxylic acid groups (broad SMARTS) is 1. The number of aliphatic carboxylic acids is 1. The largest absolute Gasteiger partial charge is 0.480 e. The number of benzene rings is 1. The molecule has 1 heterocycles. The zero-order valence-corrected chi connectivity index (χ0v) is 24.5. The fourth-order valence-electron chi connectivity index (χ4n) is 5.04. The Hall–Kier alpha value is -1.65. The summed E-state index contributed by atoms with van der Waals surface area (Å²) in [6.07, 6.45) is 8.08. The minimum atomic E-state index is -3.62. The molecule has 6 nitrogen and oxygen atoms in total. The van der Waals surface area contributed by atoms with Gasteiger partial charge in [0.2, 0.25) is 13.3 Å². The highest BCUT2D eigenvalue weighted by molar-refractivity contribution is 7.58. The van der Waals surface area contributed by atoms with Gasteiger partial charge in [-0.2, -0.15) is 0 Å². The normalized spacial score (nSPS) is 20.4. The Morgan fingerprint density at radius 1 is 0.919 bits per heavy atom. The van der Waals surface area contributed by atoms with Crippen LogP contribution in [0.2, 0.25) is 0 Å². The smallest absolute Gasteiger partial charge is 0.326 e.